The molecule has 2 bridgehead atoms. The number of fused-ring (bicyclic) bond motifs is 1. The SMILES string of the molecule is C=CCN(C(=O)C1N(CCCCCO)C(=O)[C@@H]2[C@H](C(=O)O)[C@@]3(C)OC12CC3C)c1ccc(N(CC)CC)cc1. The second-order valence-electron chi connectivity index (χ2n) is 11.3. The molecule has 9 heteroatoms. The van der Waals surface area contributed by atoms with Crippen molar-refractivity contribution in [3.63, 3.8) is 0 Å². The Labute approximate surface area is 231 Å². The largest absolute Gasteiger partial charge is 0.481 e. The number of likely N-dealkylation sites (tertiary alicyclic amines) is 1. The molecule has 1 aromatic carbocycles. The summed E-state index contributed by atoms with van der Waals surface area (Å²) in [6, 6.07) is 6.84. The summed E-state index contributed by atoms with van der Waals surface area (Å²) in [7, 11) is 0. The number of nitrogens with zero attached hydrogens (tertiary/aromatic N) is 3. The second-order valence-corrected chi connectivity index (χ2v) is 11.3. The van der Waals surface area contributed by atoms with Gasteiger partial charge in [-0.25, -0.2) is 0 Å². The molecule has 0 saturated carbocycles. The van der Waals surface area contributed by atoms with Crippen molar-refractivity contribution in [2.24, 2.45) is 17.8 Å². The van der Waals surface area contributed by atoms with Gasteiger partial charge in [-0.1, -0.05) is 13.0 Å². The van der Waals surface area contributed by atoms with Gasteiger partial charge in [0, 0.05) is 44.2 Å². The van der Waals surface area contributed by atoms with E-state index in [1.807, 2.05) is 31.2 Å². The van der Waals surface area contributed by atoms with Gasteiger partial charge in [-0.15, -0.1) is 6.58 Å². The van der Waals surface area contributed by atoms with E-state index in [4.69, 9.17) is 4.74 Å². The quantitative estimate of drug-likeness (QED) is 0.291. The first-order valence-corrected chi connectivity index (χ1v) is 14.2. The lowest BCUT2D eigenvalue weighted by Crippen LogP contribution is -2.57. The molecular formula is C30H43N3O6. The predicted octanol–water partition coefficient (Wildman–Crippen LogP) is 3.31. The number of carbonyl (C=O) groups is 3. The van der Waals surface area contributed by atoms with Gasteiger partial charge >= 0.3 is 5.97 Å². The number of aliphatic hydroxyl groups is 1. The molecule has 39 heavy (non-hydrogen) atoms. The summed E-state index contributed by atoms with van der Waals surface area (Å²) in [4.78, 5) is 46.4. The lowest BCUT2D eigenvalue weighted by molar-refractivity contribution is -0.156. The van der Waals surface area contributed by atoms with Crippen LogP contribution in [-0.4, -0.2) is 82.9 Å². The average molecular weight is 542 g/mol. The van der Waals surface area contributed by atoms with E-state index in [1.54, 1.807) is 22.8 Å². The van der Waals surface area contributed by atoms with Gasteiger partial charge in [-0.2, -0.15) is 0 Å². The molecule has 2 N–H and O–H groups in total. The van der Waals surface area contributed by atoms with Gasteiger partial charge < -0.3 is 29.6 Å². The number of hydrogen-bond donors (Lipinski definition) is 2. The number of anilines is 2. The Morgan fingerprint density at radius 2 is 1.79 bits per heavy atom. The predicted molar refractivity (Wildman–Crippen MR) is 150 cm³/mol. The van der Waals surface area contributed by atoms with E-state index >= 15 is 0 Å². The fourth-order valence-corrected chi connectivity index (χ4v) is 7.24. The molecule has 3 aliphatic rings. The van der Waals surface area contributed by atoms with E-state index in [0.29, 0.717) is 37.9 Å². The smallest absolute Gasteiger partial charge is 0.310 e. The van der Waals surface area contributed by atoms with E-state index in [9.17, 15) is 24.6 Å². The Kier molecular flexibility index (Phi) is 8.42. The Balaban J connectivity index is 1.75. The lowest BCUT2D eigenvalue weighted by Gasteiger charge is -2.37. The maximum atomic E-state index is 14.5. The Bertz CT molecular complexity index is 1090. The van der Waals surface area contributed by atoms with Crippen molar-refractivity contribution < 1.29 is 29.3 Å². The molecular weight excluding hydrogens is 498 g/mol. The van der Waals surface area contributed by atoms with Crippen LogP contribution >= 0.6 is 0 Å². The number of hydrogen-bond acceptors (Lipinski definition) is 6. The number of benzene rings is 1. The zero-order valence-corrected chi connectivity index (χ0v) is 23.6. The summed E-state index contributed by atoms with van der Waals surface area (Å²) >= 11 is 0. The van der Waals surface area contributed by atoms with Crippen LogP contribution in [-0.2, 0) is 19.1 Å². The summed E-state index contributed by atoms with van der Waals surface area (Å²) in [6.07, 6.45) is 3.99. The first-order chi connectivity index (χ1) is 18.6. The Morgan fingerprint density at radius 1 is 1.15 bits per heavy atom. The highest BCUT2D eigenvalue weighted by atomic mass is 16.5. The molecule has 4 rings (SSSR count). The molecule has 1 aromatic rings. The minimum absolute atomic E-state index is 0.0551. The Hall–Kier alpha value is -2.91. The van der Waals surface area contributed by atoms with Crippen molar-refractivity contribution in [2.75, 3.05) is 42.6 Å². The van der Waals surface area contributed by atoms with Gasteiger partial charge in [0.05, 0.1) is 11.5 Å². The van der Waals surface area contributed by atoms with Crippen LogP contribution in [0.1, 0.15) is 53.4 Å². The van der Waals surface area contributed by atoms with Crippen molar-refractivity contribution in [1.82, 2.24) is 4.90 Å². The van der Waals surface area contributed by atoms with Crippen molar-refractivity contribution in [1.29, 1.82) is 0 Å². The normalized spacial score (nSPS) is 30.9. The molecule has 6 atom stereocenters. The third-order valence-corrected chi connectivity index (χ3v) is 9.24. The van der Waals surface area contributed by atoms with E-state index in [0.717, 1.165) is 18.8 Å². The first kappa shape index (κ1) is 29.1. The first-order valence-electron chi connectivity index (χ1n) is 14.2. The molecule has 3 fully saturated rings. The maximum absolute atomic E-state index is 14.5. The highest BCUT2D eigenvalue weighted by Gasteiger charge is 2.80. The van der Waals surface area contributed by atoms with Crippen molar-refractivity contribution in [3.05, 3.63) is 36.9 Å². The number of aliphatic hydroxyl groups excluding tert-OH is 1. The molecule has 9 nitrogen and oxygen atoms in total. The number of carboxylic acid groups (broad SMARTS) is 1. The highest BCUT2D eigenvalue weighted by Crippen LogP contribution is 2.65. The van der Waals surface area contributed by atoms with Gasteiger partial charge in [0.25, 0.3) is 5.91 Å². The molecule has 214 valence electrons. The number of carbonyl (C=O) groups excluding carboxylic acids is 2. The monoisotopic (exact) mass is 541 g/mol. The number of carboxylic acids is 1. The summed E-state index contributed by atoms with van der Waals surface area (Å²) in [5, 5.41) is 19.5. The number of rotatable bonds is 13. The molecule has 3 heterocycles. The van der Waals surface area contributed by atoms with E-state index in [1.165, 1.54) is 0 Å². The van der Waals surface area contributed by atoms with Crippen molar-refractivity contribution in [3.8, 4) is 0 Å². The standard InChI is InChI=1S/C30H43N3O6/c1-6-16-32(22-14-12-21(13-15-22)31(7-2)8-3)27(36)25-30-19-20(4)29(5,39-30)24(28(37)38)23(30)26(35)33(25)17-10-9-11-18-34/h6,12-15,20,23-25,34H,1,7-11,16-19H2,2-5H3,(H,37,38)/t20?,23-,24+,25?,29-,30?/m0/s1. The fourth-order valence-electron chi connectivity index (χ4n) is 7.24. The summed E-state index contributed by atoms with van der Waals surface area (Å²) in [5.74, 6) is -3.74. The summed E-state index contributed by atoms with van der Waals surface area (Å²) in [6.45, 7) is 14.1. The maximum Gasteiger partial charge on any atom is 0.310 e. The summed E-state index contributed by atoms with van der Waals surface area (Å²) < 4.78 is 6.60. The van der Waals surface area contributed by atoms with Crippen LogP contribution in [0.2, 0.25) is 0 Å². The van der Waals surface area contributed by atoms with E-state index in [-0.39, 0.29) is 30.9 Å². The van der Waals surface area contributed by atoms with Crippen LogP contribution in [0.5, 0.6) is 0 Å². The highest BCUT2D eigenvalue weighted by molar-refractivity contribution is 6.04. The minimum atomic E-state index is -1.21. The molecule has 3 aliphatic heterocycles. The van der Waals surface area contributed by atoms with Crippen LogP contribution in [0, 0.1) is 17.8 Å². The van der Waals surface area contributed by atoms with Crippen LogP contribution in [0.25, 0.3) is 0 Å². The van der Waals surface area contributed by atoms with Gasteiger partial charge in [0.1, 0.15) is 17.6 Å². The second kappa shape index (κ2) is 11.3. The van der Waals surface area contributed by atoms with Crippen LogP contribution in [0.15, 0.2) is 36.9 Å². The number of ether oxygens (including phenoxy) is 1. The van der Waals surface area contributed by atoms with Gasteiger partial charge in [-0.05, 0) is 76.6 Å². The fraction of sp³-hybridized carbons (Fsp3) is 0.633. The minimum Gasteiger partial charge on any atom is -0.481 e. The van der Waals surface area contributed by atoms with E-state index < -0.39 is 35.0 Å². The molecule has 0 radical (unpaired) electrons. The third-order valence-electron chi connectivity index (χ3n) is 9.24. The van der Waals surface area contributed by atoms with Crippen LogP contribution in [0.4, 0.5) is 11.4 Å². The van der Waals surface area contributed by atoms with Crippen LogP contribution < -0.4 is 9.80 Å². The zero-order valence-electron chi connectivity index (χ0n) is 23.6. The average Bonchev–Trinajstić information content (AvgIpc) is 3.42. The lowest BCUT2D eigenvalue weighted by atomic mass is 9.62. The summed E-state index contributed by atoms with van der Waals surface area (Å²) in [5.41, 5.74) is -0.491. The van der Waals surface area contributed by atoms with Gasteiger partial charge in [0.2, 0.25) is 5.91 Å². The van der Waals surface area contributed by atoms with Crippen molar-refractivity contribution in [2.45, 2.75) is 70.6 Å². The zero-order chi connectivity index (χ0) is 28.5. The van der Waals surface area contributed by atoms with Gasteiger partial charge in [0.15, 0.2) is 0 Å². The Morgan fingerprint density at radius 3 is 2.36 bits per heavy atom. The number of unbranched alkanes of at least 4 members (excludes halogenated alkanes) is 2. The number of aliphatic carboxylic acids is 1. The topological polar surface area (TPSA) is 111 Å². The van der Waals surface area contributed by atoms with Crippen molar-refractivity contribution >= 4 is 29.2 Å². The molecule has 0 aliphatic carbocycles. The molecule has 3 unspecified atom stereocenters. The van der Waals surface area contributed by atoms with Gasteiger partial charge in [-0.3, -0.25) is 14.4 Å². The van der Waals surface area contributed by atoms with Crippen LogP contribution in [0.3, 0.4) is 0 Å². The molecule has 0 aromatic heterocycles. The molecule has 3 saturated heterocycles. The van der Waals surface area contributed by atoms with E-state index in [2.05, 4.69) is 25.3 Å². The number of amides is 2. The third kappa shape index (κ3) is 4.63. The molecule has 2 amide bonds. The molecule has 1 spiro atoms.